The molecule has 2 aromatic heterocycles. The number of carbonyl (C=O) groups is 1. The predicted molar refractivity (Wildman–Crippen MR) is 103 cm³/mol. The van der Waals surface area contributed by atoms with Gasteiger partial charge in [-0.25, -0.2) is 4.68 Å². The molecule has 3 aromatic rings. The lowest BCUT2D eigenvalue weighted by molar-refractivity contribution is -0.174. The zero-order chi connectivity index (χ0) is 20.9. The summed E-state index contributed by atoms with van der Waals surface area (Å²) in [6.07, 6.45) is -0.480. The Bertz CT molecular complexity index is 1070. The largest absolute Gasteiger partial charge is 0.467 e. The molecule has 0 bridgehead atoms. The highest BCUT2D eigenvalue weighted by Gasteiger charge is 2.48. The predicted octanol–water partition coefficient (Wildman–Crippen LogP) is 4.73. The van der Waals surface area contributed by atoms with E-state index in [9.17, 15) is 18.0 Å². The molecular formula is C21H19F3N4O2. The molecule has 1 N–H and O–H groups in total. The van der Waals surface area contributed by atoms with E-state index in [1.807, 2.05) is 24.3 Å². The van der Waals surface area contributed by atoms with Gasteiger partial charge in [0.05, 0.1) is 18.5 Å². The molecule has 0 unspecified atom stereocenters. The number of hydrogen-bond acceptors (Lipinski definition) is 4. The SMILES string of the molecule is O=C(c1cnn2c1N[C@H](c1ccco1)C[C@@H]2C(F)(F)F)N1CCCc2ccccc21. The van der Waals surface area contributed by atoms with Gasteiger partial charge >= 0.3 is 6.18 Å². The summed E-state index contributed by atoms with van der Waals surface area (Å²) in [5.41, 5.74) is 1.96. The van der Waals surface area contributed by atoms with Crippen LogP contribution in [0.3, 0.4) is 0 Å². The highest BCUT2D eigenvalue weighted by molar-refractivity contribution is 6.09. The zero-order valence-corrected chi connectivity index (χ0v) is 15.9. The molecule has 1 amide bonds. The number of nitrogens with zero attached hydrogens (tertiary/aromatic N) is 3. The average molecular weight is 416 g/mol. The van der Waals surface area contributed by atoms with Crippen molar-refractivity contribution < 1.29 is 22.4 Å². The van der Waals surface area contributed by atoms with Crippen LogP contribution >= 0.6 is 0 Å². The van der Waals surface area contributed by atoms with Gasteiger partial charge in [0.1, 0.15) is 17.1 Å². The molecule has 0 aliphatic carbocycles. The number of alkyl halides is 3. The Morgan fingerprint density at radius 3 is 2.80 bits per heavy atom. The van der Waals surface area contributed by atoms with Crippen molar-refractivity contribution in [2.45, 2.75) is 37.5 Å². The molecule has 6 nitrogen and oxygen atoms in total. The number of halogens is 3. The van der Waals surface area contributed by atoms with Crippen molar-refractivity contribution in [3.63, 3.8) is 0 Å². The third-order valence-corrected chi connectivity index (χ3v) is 5.71. The number of aryl methyl sites for hydroxylation is 1. The number of hydrogen-bond donors (Lipinski definition) is 1. The number of amides is 1. The lowest BCUT2D eigenvalue weighted by Gasteiger charge is -2.34. The number of para-hydroxylation sites is 1. The molecule has 5 rings (SSSR count). The van der Waals surface area contributed by atoms with Crippen LogP contribution in [0, 0.1) is 0 Å². The summed E-state index contributed by atoms with van der Waals surface area (Å²) < 4.78 is 47.6. The molecule has 9 heteroatoms. The van der Waals surface area contributed by atoms with E-state index in [-0.39, 0.29) is 23.7 Å². The smallest absolute Gasteiger partial charge is 0.410 e. The summed E-state index contributed by atoms with van der Waals surface area (Å²) in [6.45, 7) is 0.505. The Kier molecular flexibility index (Phi) is 4.34. The Morgan fingerprint density at radius 2 is 2.03 bits per heavy atom. The van der Waals surface area contributed by atoms with Crippen molar-refractivity contribution in [1.29, 1.82) is 0 Å². The summed E-state index contributed by atoms with van der Waals surface area (Å²) in [4.78, 5) is 15.0. The van der Waals surface area contributed by atoms with Crippen LogP contribution in [-0.2, 0) is 6.42 Å². The number of nitrogens with one attached hydrogen (secondary N) is 1. The number of anilines is 2. The Balaban J connectivity index is 1.55. The molecule has 0 radical (unpaired) electrons. The standard InChI is InChI=1S/C21H19F3N4O2/c22-21(23,24)18-11-15(17-8-4-10-30-17)26-19-14(12-25-28(18)19)20(29)27-9-3-6-13-5-1-2-7-16(13)27/h1-2,4-5,7-8,10,12,15,18,26H,3,6,9,11H2/t15-,18+/m0/s1. The van der Waals surface area contributed by atoms with E-state index >= 15 is 0 Å². The van der Waals surface area contributed by atoms with Gasteiger partial charge in [-0.1, -0.05) is 18.2 Å². The number of furan rings is 1. The lowest BCUT2D eigenvalue weighted by Crippen LogP contribution is -2.38. The molecule has 2 aliphatic heterocycles. The summed E-state index contributed by atoms with van der Waals surface area (Å²) in [7, 11) is 0. The molecule has 0 saturated heterocycles. The minimum absolute atomic E-state index is 0.0676. The lowest BCUT2D eigenvalue weighted by atomic mass is 10.00. The van der Waals surface area contributed by atoms with Gasteiger partial charge < -0.3 is 14.6 Å². The van der Waals surface area contributed by atoms with E-state index in [0.717, 1.165) is 28.8 Å². The number of benzene rings is 1. The van der Waals surface area contributed by atoms with Crippen molar-refractivity contribution in [2.24, 2.45) is 0 Å². The molecule has 156 valence electrons. The Labute approximate surface area is 170 Å². The van der Waals surface area contributed by atoms with Gasteiger partial charge in [0.25, 0.3) is 5.91 Å². The van der Waals surface area contributed by atoms with Gasteiger partial charge in [-0.05, 0) is 36.6 Å². The number of carbonyl (C=O) groups excluding carboxylic acids is 1. The summed E-state index contributed by atoms with van der Waals surface area (Å²) in [5.74, 6) is 0.0911. The van der Waals surface area contributed by atoms with E-state index in [2.05, 4.69) is 10.4 Å². The fraction of sp³-hybridized carbons (Fsp3) is 0.333. The van der Waals surface area contributed by atoms with Crippen LogP contribution in [-0.4, -0.2) is 28.4 Å². The van der Waals surface area contributed by atoms with E-state index in [1.54, 1.807) is 17.0 Å². The maximum atomic E-state index is 13.8. The van der Waals surface area contributed by atoms with Crippen LogP contribution in [0.4, 0.5) is 24.7 Å². The summed E-state index contributed by atoms with van der Waals surface area (Å²) in [6, 6.07) is 8.28. The molecule has 0 saturated carbocycles. The third-order valence-electron chi connectivity index (χ3n) is 5.71. The zero-order valence-electron chi connectivity index (χ0n) is 15.9. The third kappa shape index (κ3) is 3.05. The maximum absolute atomic E-state index is 13.8. The van der Waals surface area contributed by atoms with E-state index in [1.165, 1.54) is 12.5 Å². The van der Waals surface area contributed by atoms with Crippen molar-refractivity contribution in [3.8, 4) is 0 Å². The fourth-order valence-corrected chi connectivity index (χ4v) is 4.29. The van der Waals surface area contributed by atoms with Gasteiger partial charge in [-0.2, -0.15) is 18.3 Å². The highest BCUT2D eigenvalue weighted by Crippen LogP contribution is 2.44. The fourth-order valence-electron chi connectivity index (χ4n) is 4.29. The van der Waals surface area contributed by atoms with Crippen LogP contribution in [0.25, 0.3) is 0 Å². The first kappa shape index (κ1) is 18.8. The Morgan fingerprint density at radius 1 is 1.20 bits per heavy atom. The number of aromatic nitrogens is 2. The van der Waals surface area contributed by atoms with Crippen LogP contribution in [0.1, 0.15) is 46.6 Å². The van der Waals surface area contributed by atoms with Crippen LogP contribution in [0.15, 0.2) is 53.3 Å². The first-order valence-electron chi connectivity index (χ1n) is 9.77. The second-order valence-corrected chi connectivity index (χ2v) is 7.55. The monoisotopic (exact) mass is 416 g/mol. The normalized spacial score (nSPS) is 21.0. The maximum Gasteiger partial charge on any atom is 0.410 e. The van der Waals surface area contributed by atoms with Gasteiger partial charge in [0.15, 0.2) is 6.04 Å². The van der Waals surface area contributed by atoms with Crippen LogP contribution in [0.5, 0.6) is 0 Å². The van der Waals surface area contributed by atoms with Gasteiger partial charge in [0, 0.05) is 18.7 Å². The number of fused-ring (bicyclic) bond motifs is 2. The van der Waals surface area contributed by atoms with E-state index < -0.39 is 18.3 Å². The highest BCUT2D eigenvalue weighted by atomic mass is 19.4. The van der Waals surface area contributed by atoms with Crippen molar-refractivity contribution in [3.05, 3.63) is 65.7 Å². The van der Waals surface area contributed by atoms with Crippen molar-refractivity contribution in [1.82, 2.24) is 9.78 Å². The Hall–Kier alpha value is -3.23. The average Bonchev–Trinajstić information content (AvgIpc) is 3.41. The molecule has 2 atom stereocenters. The second-order valence-electron chi connectivity index (χ2n) is 7.55. The van der Waals surface area contributed by atoms with Crippen LogP contribution in [0.2, 0.25) is 0 Å². The molecule has 30 heavy (non-hydrogen) atoms. The first-order chi connectivity index (χ1) is 14.4. The quantitative estimate of drug-likeness (QED) is 0.656. The van der Waals surface area contributed by atoms with Crippen LogP contribution < -0.4 is 10.2 Å². The van der Waals surface area contributed by atoms with Crippen molar-refractivity contribution >= 4 is 17.4 Å². The minimum Gasteiger partial charge on any atom is -0.467 e. The van der Waals surface area contributed by atoms with Gasteiger partial charge in [-0.15, -0.1) is 0 Å². The first-order valence-corrected chi connectivity index (χ1v) is 9.77. The molecule has 4 heterocycles. The van der Waals surface area contributed by atoms with E-state index in [0.29, 0.717) is 12.3 Å². The topological polar surface area (TPSA) is 63.3 Å². The summed E-state index contributed by atoms with van der Waals surface area (Å²) >= 11 is 0. The molecule has 2 aliphatic rings. The minimum atomic E-state index is -4.51. The second kappa shape index (κ2) is 6.93. The molecule has 1 aromatic carbocycles. The molecule has 0 fully saturated rings. The number of rotatable bonds is 2. The molecular weight excluding hydrogens is 397 g/mol. The van der Waals surface area contributed by atoms with E-state index in [4.69, 9.17) is 4.42 Å². The van der Waals surface area contributed by atoms with Crippen molar-refractivity contribution in [2.75, 3.05) is 16.8 Å². The molecule has 0 spiro atoms. The van der Waals surface area contributed by atoms with Gasteiger partial charge in [0.2, 0.25) is 0 Å². The van der Waals surface area contributed by atoms with Gasteiger partial charge in [-0.3, -0.25) is 4.79 Å². The summed E-state index contributed by atoms with van der Waals surface area (Å²) in [5, 5.41) is 7.00.